The summed E-state index contributed by atoms with van der Waals surface area (Å²) in [7, 11) is 0. The molecule has 0 spiro atoms. The van der Waals surface area contributed by atoms with Gasteiger partial charge in [-0.2, -0.15) is 0 Å². The van der Waals surface area contributed by atoms with E-state index in [2.05, 4.69) is 5.32 Å². The fraction of sp³-hybridized carbons (Fsp3) is 0.462. The third-order valence-corrected chi connectivity index (χ3v) is 3.55. The first-order valence-corrected chi connectivity index (χ1v) is 6.63. The van der Waals surface area contributed by atoms with Crippen molar-refractivity contribution < 1.29 is 9.53 Å². The Morgan fingerprint density at radius 2 is 2.32 bits per heavy atom. The molecule has 1 aromatic rings. The van der Waals surface area contributed by atoms with Gasteiger partial charge in [0.05, 0.1) is 17.7 Å². The molecular formula is C13H18ClN3O2. The van der Waals surface area contributed by atoms with Crippen molar-refractivity contribution in [1.29, 1.82) is 0 Å². The summed E-state index contributed by atoms with van der Waals surface area (Å²) in [6, 6.07) is 4.88. The van der Waals surface area contributed by atoms with Crippen LogP contribution in [-0.4, -0.2) is 30.7 Å². The molecule has 0 aliphatic heterocycles. The summed E-state index contributed by atoms with van der Waals surface area (Å²) in [6.45, 7) is 2.57. The van der Waals surface area contributed by atoms with Gasteiger partial charge in [-0.15, -0.1) is 0 Å². The Labute approximate surface area is 117 Å². The Kier molecular flexibility index (Phi) is 4.29. The van der Waals surface area contributed by atoms with Crippen LogP contribution in [0.1, 0.15) is 23.7 Å². The average molecular weight is 284 g/mol. The normalized spacial score (nSPS) is 25.7. The predicted molar refractivity (Wildman–Crippen MR) is 75.4 cm³/mol. The van der Waals surface area contributed by atoms with E-state index in [1.54, 1.807) is 18.2 Å². The van der Waals surface area contributed by atoms with Gasteiger partial charge >= 0.3 is 0 Å². The van der Waals surface area contributed by atoms with Gasteiger partial charge in [0, 0.05) is 23.4 Å². The summed E-state index contributed by atoms with van der Waals surface area (Å²) in [5.74, 6) is -0.500. The summed E-state index contributed by atoms with van der Waals surface area (Å²) >= 11 is 5.95. The topological polar surface area (TPSA) is 90.4 Å². The van der Waals surface area contributed by atoms with Crippen LogP contribution < -0.4 is 16.8 Å². The number of halogens is 1. The fourth-order valence-electron chi connectivity index (χ4n) is 2.26. The lowest BCUT2D eigenvalue weighted by Gasteiger charge is -2.43. The fourth-order valence-corrected chi connectivity index (χ4v) is 2.43. The Balaban J connectivity index is 2.18. The lowest BCUT2D eigenvalue weighted by molar-refractivity contribution is -0.0126. The van der Waals surface area contributed by atoms with Crippen molar-refractivity contribution in [3.63, 3.8) is 0 Å². The molecule has 0 aromatic heterocycles. The molecule has 5 N–H and O–H groups in total. The zero-order valence-electron chi connectivity index (χ0n) is 10.7. The van der Waals surface area contributed by atoms with Gasteiger partial charge in [0.15, 0.2) is 0 Å². The van der Waals surface area contributed by atoms with E-state index in [9.17, 15) is 4.79 Å². The average Bonchev–Trinajstić information content (AvgIpc) is 2.35. The van der Waals surface area contributed by atoms with E-state index in [1.807, 2.05) is 6.92 Å². The van der Waals surface area contributed by atoms with Crippen molar-refractivity contribution in [2.75, 3.05) is 11.9 Å². The Morgan fingerprint density at radius 3 is 2.89 bits per heavy atom. The van der Waals surface area contributed by atoms with Gasteiger partial charge in [0.1, 0.15) is 0 Å². The van der Waals surface area contributed by atoms with Crippen LogP contribution in [0.25, 0.3) is 0 Å². The summed E-state index contributed by atoms with van der Waals surface area (Å²) in [5.41, 5.74) is 12.3. The second-order valence-corrected chi connectivity index (χ2v) is 5.05. The van der Waals surface area contributed by atoms with E-state index in [0.717, 1.165) is 6.42 Å². The Bertz CT molecular complexity index is 479. The lowest BCUT2D eigenvalue weighted by atomic mass is 9.83. The van der Waals surface area contributed by atoms with E-state index < -0.39 is 5.91 Å². The van der Waals surface area contributed by atoms with Crippen molar-refractivity contribution in [2.24, 2.45) is 11.5 Å². The van der Waals surface area contributed by atoms with Crippen LogP contribution in [0.15, 0.2) is 18.2 Å². The molecule has 1 amide bonds. The van der Waals surface area contributed by atoms with Crippen molar-refractivity contribution >= 4 is 23.2 Å². The molecule has 3 atom stereocenters. The number of rotatable bonds is 5. The molecule has 5 nitrogen and oxygen atoms in total. The molecular weight excluding hydrogens is 266 g/mol. The Hall–Kier alpha value is -1.30. The summed E-state index contributed by atoms with van der Waals surface area (Å²) in [5, 5.41) is 3.75. The van der Waals surface area contributed by atoms with Crippen LogP contribution in [0.3, 0.4) is 0 Å². The van der Waals surface area contributed by atoms with Gasteiger partial charge < -0.3 is 21.5 Å². The number of anilines is 1. The number of hydrogen-bond acceptors (Lipinski definition) is 4. The number of ether oxygens (including phenoxy) is 1. The van der Waals surface area contributed by atoms with Gasteiger partial charge in [0.2, 0.25) is 0 Å². The van der Waals surface area contributed by atoms with Gasteiger partial charge in [-0.25, -0.2) is 0 Å². The predicted octanol–water partition coefficient (Wildman–Crippen LogP) is 1.36. The van der Waals surface area contributed by atoms with Gasteiger partial charge in [-0.1, -0.05) is 11.6 Å². The third kappa shape index (κ3) is 3.00. The van der Waals surface area contributed by atoms with Gasteiger partial charge in [-0.05, 0) is 31.5 Å². The standard InChI is InChI=1S/C13H18ClN3O2/c1-2-19-11-6-9(15)12(11)17-10-5-7(14)3-4-8(10)13(16)18/h3-5,9,11-12,17H,2,6,15H2,1H3,(H2,16,18). The van der Waals surface area contributed by atoms with Crippen molar-refractivity contribution in [3.05, 3.63) is 28.8 Å². The van der Waals surface area contributed by atoms with E-state index in [1.165, 1.54) is 0 Å². The zero-order valence-corrected chi connectivity index (χ0v) is 11.5. The van der Waals surface area contributed by atoms with E-state index in [0.29, 0.717) is 22.9 Å². The maximum atomic E-state index is 11.4. The largest absolute Gasteiger partial charge is 0.377 e. The van der Waals surface area contributed by atoms with Crippen LogP contribution >= 0.6 is 11.6 Å². The molecule has 1 saturated carbocycles. The summed E-state index contributed by atoms with van der Waals surface area (Å²) in [4.78, 5) is 11.4. The maximum absolute atomic E-state index is 11.4. The molecule has 6 heteroatoms. The number of benzene rings is 1. The molecule has 1 fully saturated rings. The molecule has 0 bridgehead atoms. The second kappa shape index (κ2) is 5.77. The maximum Gasteiger partial charge on any atom is 0.250 e. The van der Waals surface area contributed by atoms with Crippen LogP contribution in [0.5, 0.6) is 0 Å². The highest BCUT2D eigenvalue weighted by atomic mass is 35.5. The minimum absolute atomic E-state index is 0.00346. The number of primary amides is 1. The number of nitrogens with two attached hydrogens (primary N) is 2. The molecule has 1 aromatic carbocycles. The Morgan fingerprint density at radius 1 is 1.58 bits per heavy atom. The smallest absolute Gasteiger partial charge is 0.250 e. The van der Waals surface area contributed by atoms with Crippen LogP contribution in [0.4, 0.5) is 5.69 Å². The summed E-state index contributed by atoms with van der Waals surface area (Å²) < 4.78 is 5.57. The zero-order chi connectivity index (χ0) is 14.0. The molecule has 0 heterocycles. The number of nitrogens with one attached hydrogen (secondary N) is 1. The third-order valence-electron chi connectivity index (χ3n) is 3.32. The first-order valence-electron chi connectivity index (χ1n) is 6.26. The molecule has 1 aliphatic rings. The van der Waals surface area contributed by atoms with E-state index >= 15 is 0 Å². The molecule has 0 radical (unpaired) electrons. The SMILES string of the molecule is CCOC1CC(N)C1Nc1cc(Cl)ccc1C(N)=O. The van der Waals surface area contributed by atoms with Crippen LogP contribution in [0.2, 0.25) is 5.02 Å². The van der Waals surface area contributed by atoms with Crippen molar-refractivity contribution in [1.82, 2.24) is 0 Å². The molecule has 0 saturated heterocycles. The quantitative estimate of drug-likeness (QED) is 0.761. The monoisotopic (exact) mass is 283 g/mol. The minimum atomic E-state index is -0.500. The number of hydrogen-bond donors (Lipinski definition) is 3. The molecule has 1 aliphatic carbocycles. The summed E-state index contributed by atoms with van der Waals surface area (Å²) in [6.07, 6.45) is 0.859. The van der Waals surface area contributed by atoms with Crippen LogP contribution in [0, 0.1) is 0 Å². The highest BCUT2D eigenvalue weighted by molar-refractivity contribution is 6.31. The first-order chi connectivity index (χ1) is 9.02. The van der Waals surface area contributed by atoms with Gasteiger partial charge in [-0.3, -0.25) is 4.79 Å². The molecule has 19 heavy (non-hydrogen) atoms. The van der Waals surface area contributed by atoms with E-state index in [4.69, 9.17) is 27.8 Å². The van der Waals surface area contributed by atoms with Crippen LogP contribution in [-0.2, 0) is 4.74 Å². The van der Waals surface area contributed by atoms with E-state index in [-0.39, 0.29) is 18.2 Å². The van der Waals surface area contributed by atoms with Crippen molar-refractivity contribution in [2.45, 2.75) is 31.5 Å². The highest BCUT2D eigenvalue weighted by Gasteiger charge is 2.39. The number of carbonyl (C=O) groups excluding carboxylic acids is 1. The molecule has 3 unspecified atom stereocenters. The number of amides is 1. The first kappa shape index (κ1) is 14.1. The highest BCUT2D eigenvalue weighted by Crippen LogP contribution is 2.29. The van der Waals surface area contributed by atoms with Gasteiger partial charge in [0.25, 0.3) is 5.91 Å². The second-order valence-electron chi connectivity index (χ2n) is 4.62. The molecule has 104 valence electrons. The minimum Gasteiger partial charge on any atom is -0.377 e. The molecule has 2 rings (SSSR count). The lowest BCUT2D eigenvalue weighted by Crippen LogP contribution is -2.60. The number of carbonyl (C=O) groups is 1. The van der Waals surface area contributed by atoms with Crippen molar-refractivity contribution in [3.8, 4) is 0 Å².